The summed E-state index contributed by atoms with van der Waals surface area (Å²) in [6, 6.07) is 13.7. The van der Waals surface area contributed by atoms with Crippen molar-refractivity contribution in [3.05, 3.63) is 65.7 Å². The Morgan fingerprint density at radius 1 is 1.06 bits per heavy atom. The molecule has 170 valence electrons. The third kappa shape index (κ3) is 6.55. The molecule has 3 rings (SSSR count). The predicted molar refractivity (Wildman–Crippen MR) is 117 cm³/mol. The number of carboxylic acid groups (broad SMARTS) is 1. The molecule has 8 nitrogen and oxygen atoms in total. The third-order valence-electron chi connectivity index (χ3n) is 5.48. The van der Waals surface area contributed by atoms with Crippen LogP contribution in [0.15, 0.2) is 54.6 Å². The molecule has 0 spiro atoms. The molecule has 1 fully saturated rings. The maximum Gasteiger partial charge on any atom is 0.334 e. The highest BCUT2D eigenvalue weighted by atomic mass is 16.5. The van der Waals surface area contributed by atoms with Gasteiger partial charge in [-0.25, -0.2) is 4.79 Å². The predicted octanol–water partition coefficient (Wildman–Crippen LogP) is 1.77. The van der Waals surface area contributed by atoms with Gasteiger partial charge in [0.1, 0.15) is 11.8 Å². The van der Waals surface area contributed by atoms with Crippen molar-refractivity contribution in [2.75, 3.05) is 7.11 Å². The van der Waals surface area contributed by atoms with Crippen LogP contribution in [0.25, 0.3) is 0 Å². The number of aliphatic hydroxyl groups is 1. The van der Waals surface area contributed by atoms with E-state index in [-0.39, 0.29) is 6.42 Å². The van der Waals surface area contributed by atoms with E-state index < -0.39 is 36.0 Å². The van der Waals surface area contributed by atoms with Crippen molar-refractivity contribution in [3.8, 4) is 5.75 Å². The minimum atomic E-state index is -1.78. The highest BCUT2D eigenvalue weighted by Gasteiger charge is 2.34. The van der Waals surface area contributed by atoms with Crippen molar-refractivity contribution < 1.29 is 29.3 Å². The van der Waals surface area contributed by atoms with Crippen LogP contribution < -0.4 is 15.4 Å². The van der Waals surface area contributed by atoms with Gasteiger partial charge in [0.05, 0.1) is 13.2 Å². The minimum Gasteiger partial charge on any atom is -0.497 e. The number of amides is 2. The van der Waals surface area contributed by atoms with Gasteiger partial charge in [-0.05, 0) is 42.5 Å². The standard InChI is InChI=1S/C24H28N2O6/c1-32-18-9-5-8-17(14-18)22(28)26-20(13-16-10-11-16)23(29)25-19(21(27)24(30)31)12-15-6-3-2-4-7-15/h2-9,14,16,19-21,27H,10-13H2,1H3,(H,25,29)(H,26,28)(H,30,31)/t19?,20-,21?/m0/s1. The zero-order valence-corrected chi connectivity index (χ0v) is 17.9. The fourth-order valence-corrected chi connectivity index (χ4v) is 3.49. The van der Waals surface area contributed by atoms with Crippen LogP contribution in [0.3, 0.4) is 0 Å². The zero-order chi connectivity index (χ0) is 23.1. The first-order valence-electron chi connectivity index (χ1n) is 10.6. The minimum absolute atomic E-state index is 0.139. The first-order valence-corrected chi connectivity index (χ1v) is 10.6. The van der Waals surface area contributed by atoms with E-state index in [2.05, 4.69) is 10.6 Å². The highest BCUT2D eigenvalue weighted by molar-refractivity contribution is 5.98. The van der Waals surface area contributed by atoms with Crippen molar-refractivity contribution in [1.82, 2.24) is 10.6 Å². The SMILES string of the molecule is COc1cccc(C(=O)N[C@@H](CC2CC2)C(=O)NC(Cc2ccccc2)C(O)C(=O)O)c1. The molecule has 0 radical (unpaired) electrons. The van der Waals surface area contributed by atoms with Crippen LogP contribution in [-0.2, 0) is 16.0 Å². The second-order valence-corrected chi connectivity index (χ2v) is 8.02. The van der Waals surface area contributed by atoms with Crippen LogP contribution in [0.4, 0.5) is 0 Å². The number of rotatable bonds is 11. The molecule has 2 aromatic carbocycles. The second kappa shape index (κ2) is 10.8. The van der Waals surface area contributed by atoms with Gasteiger partial charge in [0.25, 0.3) is 5.91 Å². The molecule has 0 bridgehead atoms. The van der Waals surface area contributed by atoms with Gasteiger partial charge in [-0.15, -0.1) is 0 Å². The van der Waals surface area contributed by atoms with E-state index in [4.69, 9.17) is 4.74 Å². The maximum absolute atomic E-state index is 13.1. The molecule has 0 saturated heterocycles. The van der Waals surface area contributed by atoms with Crippen molar-refractivity contribution >= 4 is 17.8 Å². The lowest BCUT2D eigenvalue weighted by molar-refractivity contribution is -0.148. The van der Waals surface area contributed by atoms with E-state index in [0.717, 1.165) is 18.4 Å². The van der Waals surface area contributed by atoms with E-state index in [1.807, 2.05) is 6.07 Å². The summed E-state index contributed by atoms with van der Waals surface area (Å²) < 4.78 is 5.15. The third-order valence-corrected chi connectivity index (χ3v) is 5.48. The number of carbonyl (C=O) groups excluding carboxylic acids is 2. The number of ether oxygens (including phenoxy) is 1. The molecule has 3 atom stereocenters. The number of hydrogen-bond donors (Lipinski definition) is 4. The summed E-state index contributed by atoms with van der Waals surface area (Å²) in [4.78, 5) is 37.2. The van der Waals surface area contributed by atoms with Crippen LogP contribution in [0.2, 0.25) is 0 Å². The Morgan fingerprint density at radius 3 is 2.41 bits per heavy atom. The Hall–Kier alpha value is -3.39. The molecule has 1 saturated carbocycles. The van der Waals surface area contributed by atoms with Crippen molar-refractivity contribution in [1.29, 1.82) is 0 Å². The van der Waals surface area contributed by atoms with Gasteiger partial charge in [-0.2, -0.15) is 0 Å². The van der Waals surface area contributed by atoms with Crippen molar-refractivity contribution in [2.24, 2.45) is 5.92 Å². The Bertz CT molecular complexity index is 945. The lowest BCUT2D eigenvalue weighted by Crippen LogP contribution is -2.54. The smallest absolute Gasteiger partial charge is 0.334 e. The molecule has 1 aliphatic rings. The summed E-state index contributed by atoms with van der Waals surface area (Å²) in [5, 5.41) is 24.9. The zero-order valence-electron chi connectivity index (χ0n) is 17.9. The van der Waals surface area contributed by atoms with E-state index >= 15 is 0 Å². The molecule has 1 aliphatic carbocycles. The topological polar surface area (TPSA) is 125 Å². The number of carboxylic acids is 1. The molecule has 2 unspecified atom stereocenters. The fraction of sp³-hybridized carbons (Fsp3) is 0.375. The maximum atomic E-state index is 13.1. The number of aliphatic hydroxyl groups excluding tert-OH is 1. The van der Waals surface area contributed by atoms with Crippen LogP contribution >= 0.6 is 0 Å². The second-order valence-electron chi connectivity index (χ2n) is 8.02. The Morgan fingerprint density at radius 2 is 1.78 bits per heavy atom. The molecule has 0 aliphatic heterocycles. The average Bonchev–Trinajstić information content (AvgIpc) is 3.62. The number of nitrogens with one attached hydrogen (secondary N) is 2. The molecule has 8 heteroatoms. The molecule has 0 heterocycles. The molecule has 2 amide bonds. The summed E-state index contributed by atoms with van der Waals surface area (Å²) >= 11 is 0. The van der Waals surface area contributed by atoms with Crippen molar-refractivity contribution in [2.45, 2.75) is 43.9 Å². The monoisotopic (exact) mass is 440 g/mol. The van der Waals surface area contributed by atoms with Gasteiger partial charge in [0, 0.05) is 5.56 Å². The normalized spacial score (nSPS) is 15.8. The number of methoxy groups -OCH3 is 1. The summed E-state index contributed by atoms with van der Waals surface area (Å²) in [6.45, 7) is 0. The molecule has 4 N–H and O–H groups in total. The molecular weight excluding hydrogens is 412 g/mol. The lowest BCUT2D eigenvalue weighted by Gasteiger charge is -2.25. The van der Waals surface area contributed by atoms with Crippen LogP contribution in [0.5, 0.6) is 5.75 Å². The van der Waals surface area contributed by atoms with Crippen LogP contribution in [0.1, 0.15) is 35.2 Å². The number of carbonyl (C=O) groups is 3. The molecule has 2 aromatic rings. The van der Waals surface area contributed by atoms with Gasteiger partial charge in [0.2, 0.25) is 5.91 Å². The van der Waals surface area contributed by atoms with Gasteiger partial charge < -0.3 is 25.6 Å². The number of aliphatic carboxylic acids is 1. The molecule has 32 heavy (non-hydrogen) atoms. The number of benzene rings is 2. The first kappa shape index (κ1) is 23.3. The van der Waals surface area contributed by atoms with Crippen LogP contribution in [-0.4, -0.2) is 53.3 Å². The van der Waals surface area contributed by atoms with Gasteiger partial charge in [-0.1, -0.05) is 49.2 Å². The van der Waals surface area contributed by atoms with E-state index in [9.17, 15) is 24.6 Å². The van der Waals surface area contributed by atoms with Crippen LogP contribution in [0, 0.1) is 5.92 Å². The Labute approximate surface area is 186 Å². The first-order chi connectivity index (χ1) is 15.4. The summed E-state index contributed by atoms with van der Waals surface area (Å²) in [5.41, 5.74) is 1.13. The lowest BCUT2D eigenvalue weighted by atomic mass is 10.00. The van der Waals surface area contributed by atoms with Gasteiger partial charge in [0.15, 0.2) is 6.10 Å². The largest absolute Gasteiger partial charge is 0.497 e. The molecule has 0 aromatic heterocycles. The molecular formula is C24H28N2O6. The Kier molecular flexibility index (Phi) is 7.83. The fourth-order valence-electron chi connectivity index (χ4n) is 3.49. The van der Waals surface area contributed by atoms with Crippen molar-refractivity contribution in [3.63, 3.8) is 0 Å². The quantitative estimate of drug-likeness (QED) is 0.422. The van der Waals surface area contributed by atoms with Gasteiger partial charge >= 0.3 is 5.97 Å². The van der Waals surface area contributed by atoms with E-state index in [1.165, 1.54) is 7.11 Å². The Balaban J connectivity index is 1.73. The highest BCUT2D eigenvalue weighted by Crippen LogP contribution is 2.33. The van der Waals surface area contributed by atoms with Gasteiger partial charge in [-0.3, -0.25) is 9.59 Å². The summed E-state index contributed by atoms with van der Waals surface area (Å²) in [6.07, 6.45) is 0.756. The summed E-state index contributed by atoms with van der Waals surface area (Å²) in [7, 11) is 1.50. The van der Waals surface area contributed by atoms with E-state index in [1.54, 1.807) is 48.5 Å². The average molecular weight is 440 g/mol. The van der Waals surface area contributed by atoms with E-state index in [0.29, 0.717) is 23.7 Å². The number of hydrogen-bond acceptors (Lipinski definition) is 5. The summed E-state index contributed by atoms with van der Waals surface area (Å²) in [5.74, 6) is -1.52.